The second-order valence-electron chi connectivity index (χ2n) is 6.77. The Balaban J connectivity index is 1.98. The first-order chi connectivity index (χ1) is 14.2. The zero-order valence-corrected chi connectivity index (χ0v) is 17.0. The van der Waals surface area contributed by atoms with Crippen LogP contribution in [0.5, 0.6) is 0 Å². The van der Waals surface area contributed by atoms with E-state index in [-0.39, 0.29) is 6.61 Å². The zero-order valence-electron chi connectivity index (χ0n) is 16.2. The molecule has 0 saturated carbocycles. The molecule has 4 nitrogen and oxygen atoms in total. The fourth-order valence-electron chi connectivity index (χ4n) is 3.79. The van der Waals surface area contributed by atoms with Crippen molar-refractivity contribution in [3.63, 3.8) is 0 Å². The Hall–Kier alpha value is -3.36. The molecule has 1 aliphatic rings. The largest absolute Gasteiger partial charge is 0.463 e. The number of ether oxygens (including phenoxy) is 1. The number of dihydropyridines is 1. The topological polar surface area (TPSA) is 62.1 Å². The predicted octanol–water partition coefficient (Wildman–Crippen LogP) is 5.36. The number of thiophene rings is 1. The van der Waals surface area contributed by atoms with Crippen LogP contribution in [0.4, 0.5) is 0 Å². The van der Waals surface area contributed by atoms with Crippen LogP contribution >= 0.6 is 11.3 Å². The average molecular weight is 401 g/mol. The second-order valence-corrected chi connectivity index (χ2v) is 7.68. The van der Waals surface area contributed by atoms with Gasteiger partial charge in [-0.1, -0.05) is 48.5 Å². The Kier molecular flexibility index (Phi) is 5.20. The summed E-state index contributed by atoms with van der Waals surface area (Å²) in [6, 6.07) is 20.2. The molecule has 0 bridgehead atoms. The number of hydrogen-bond acceptors (Lipinski definition) is 5. The van der Waals surface area contributed by atoms with E-state index in [0.717, 1.165) is 26.9 Å². The highest BCUT2D eigenvalue weighted by Crippen LogP contribution is 2.44. The number of carbonyl (C=O) groups is 1. The molecule has 1 N–H and O–H groups in total. The van der Waals surface area contributed by atoms with Crippen LogP contribution in [-0.4, -0.2) is 12.6 Å². The summed E-state index contributed by atoms with van der Waals surface area (Å²) < 4.78 is 6.49. The molecule has 4 rings (SSSR count). The van der Waals surface area contributed by atoms with Gasteiger partial charge in [-0.3, -0.25) is 0 Å². The minimum absolute atomic E-state index is 0.282. The lowest BCUT2D eigenvalue weighted by Gasteiger charge is -2.29. The Bertz CT molecular complexity index is 1180. The number of esters is 1. The van der Waals surface area contributed by atoms with Crippen molar-refractivity contribution in [1.82, 2.24) is 5.32 Å². The van der Waals surface area contributed by atoms with E-state index in [9.17, 15) is 10.1 Å². The molecule has 2 heterocycles. The molecule has 0 radical (unpaired) electrons. The first kappa shape index (κ1) is 19.0. The van der Waals surface area contributed by atoms with Crippen molar-refractivity contribution in [1.29, 1.82) is 5.26 Å². The molecule has 29 heavy (non-hydrogen) atoms. The molecule has 1 atom stereocenters. The van der Waals surface area contributed by atoms with E-state index in [1.165, 1.54) is 0 Å². The first-order valence-electron chi connectivity index (χ1n) is 9.46. The minimum atomic E-state index is -0.480. The number of rotatable bonds is 4. The highest BCUT2D eigenvalue weighted by atomic mass is 32.1. The van der Waals surface area contributed by atoms with E-state index < -0.39 is 11.9 Å². The molecule has 0 amide bonds. The van der Waals surface area contributed by atoms with Crippen molar-refractivity contribution < 1.29 is 9.53 Å². The normalized spacial score (nSPS) is 16.5. The predicted molar refractivity (Wildman–Crippen MR) is 116 cm³/mol. The second kappa shape index (κ2) is 7.94. The SMILES string of the molecule is CCOC(=O)C1=C(C)NC(c2ccccc2)=C(C#N)C1c1csc2ccccc12. The summed E-state index contributed by atoms with van der Waals surface area (Å²) in [5.41, 5.74) is 4.33. The number of nitrogens with one attached hydrogen (secondary N) is 1. The summed E-state index contributed by atoms with van der Waals surface area (Å²) in [5.74, 6) is -0.871. The highest BCUT2D eigenvalue weighted by molar-refractivity contribution is 7.17. The van der Waals surface area contributed by atoms with Crippen molar-refractivity contribution in [2.24, 2.45) is 0 Å². The molecule has 0 aliphatic carbocycles. The average Bonchev–Trinajstić information content (AvgIpc) is 3.17. The van der Waals surface area contributed by atoms with Crippen LogP contribution in [0.3, 0.4) is 0 Å². The van der Waals surface area contributed by atoms with E-state index in [1.54, 1.807) is 18.3 Å². The molecule has 144 valence electrons. The molecule has 0 spiro atoms. The van der Waals surface area contributed by atoms with Gasteiger partial charge in [-0.15, -0.1) is 11.3 Å². The Morgan fingerprint density at radius 1 is 1.17 bits per heavy atom. The van der Waals surface area contributed by atoms with Gasteiger partial charge in [0.15, 0.2) is 0 Å². The third-order valence-corrected chi connectivity index (χ3v) is 6.05. The first-order valence-corrected chi connectivity index (χ1v) is 10.3. The van der Waals surface area contributed by atoms with Crippen molar-refractivity contribution in [3.8, 4) is 6.07 Å². The number of allylic oxidation sites excluding steroid dienone is 2. The fourth-order valence-corrected chi connectivity index (χ4v) is 4.78. The van der Waals surface area contributed by atoms with Gasteiger partial charge in [-0.2, -0.15) is 5.26 Å². The minimum Gasteiger partial charge on any atom is -0.463 e. The van der Waals surface area contributed by atoms with Gasteiger partial charge in [-0.05, 0) is 41.8 Å². The number of nitriles is 1. The van der Waals surface area contributed by atoms with E-state index in [2.05, 4.69) is 17.5 Å². The van der Waals surface area contributed by atoms with Gasteiger partial charge < -0.3 is 10.1 Å². The summed E-state index contributed by atoms with van der Waals surface area (Å²) in [6.45, 7) is 3.93. The third kappa shape index (κ3) is 3.32. The number of benzene rings is 2. The zero-order chi connectivity index (χ0) is 20.4. The van der Waals surface area contributed by atoms with Crippen molar-refractivity contribution >= 4 is 33.1 Å². The summed E-state index contributed by atoms with van der Waals surface area (Å²) in [7, 11) is 0. The van der Waals surface area contributed by atoms with E-state index in [4.69, 9.17) is 4.74 Å². The van der Waals surface area contributed by atoms with Gasteiger partial charge in [-0.25, -0.2) is 4.79 Å². The standard InChI is InChI=1S/C24H20N2O2S/c1-3-28-24(27)21-15(2)26-23(16-9-5-4-6-10-16)18(13-25)22(21)19-14-29-20-12-8-7-11-17(19)20/h4-12,14,22,26H,3H2,1-2H3. The maximum atomic E-state index is 12.9. The fraction of sp³-hybridized carbons (Fsp3) is 0.167. The molecular formula is C24H20N2O2S. The van der Waals surface area contributed by atoms with Gasteiger partial charge >= 0.3 is 5.97 Å². The molecule has 3 aromatic rings. The highest BCUT2D eigenvalue weighted by Gasteiger charge is 2.36. The maximum absolute atomic E-state index is 12.9. The van der Waals surface area contributed by atoms with Crippen molar-refractivity contribution in [2.75, 3.05) is 6.61 Å². The van der Waals surface area contributed by atoms with Crippen LogP contribution < -0.4 is 5.32 Å². The number of hydrogen-bond donors (Lipinski definition) is 1. The lowest BCUT2D eigenvalue weighted by molar-refractivity contribution is -0.138. The maximum Gasteiger partial charge on any atom is 0.336 e. The molecule has 2 aromatic carbocycles. The number of nitrogens with zero attached hydrogens (tertiary/aromatic N) is 1. The lowest BCUT2D eigenvalue weighted by Crippen LogP contribution is -2.29. The third-order valence-electron chi connectivity index (χ3n) is 5.06. The molecule has 0 fully saturated rings. The molecule has 1 aromatic heterocycles. The number of carbonyl (C=O) groups excluding carboxylic acids is 1. The van der Waals surface area contributed by atoms with E-state index in [1.807, 2.05) is 60.8 Å². The smallest absolute Gasteiger partial charge is 0.336 e. The summed E-state index contributed by atoms with van der Waals surface area (Å²) >= 11 is 1.62. The Morgan fingerprint density at radius 3 is 2.62 bits per heavy atom. The quantitative estimate of drug-likeness (QED) is 0.599. The van der Waals surface area contributed by atoms with E-state index >= 15 is 0 Å². The van der Waals surface area contributed by atoms with Gasteiger partial charge in [0.1, 0.15) is 0 Å². The molecule has 5 heteroatoms. The lowest BCUT2D eigenvalue weighted by atomic mass is 9.79. The molecule has 0 saturated heterocycles. The van der Waals surface area contributed by atoms with Gasteiger partial charge in [0.2, 0.25) is 0 Å². The van der Waals surface area contributed by atoms with Crippen LogP contribution in [0.1, 0.15) is 30.9 Å². The van der Waals surface area contributed by atoms with Crippen LogP contribution in [0.2, 0.25) is 0 Å². The van der Waals surface area contributed by atoms with Gasteiger partial charge in [0.05, 0.1) is 35.4 Å². The van der Waals surface area contributed by atoms with Crippen LogP contribution in [0.15, 0.2) is 76.8 Å². The summed E-state index contributed by atoms with van der Waals surface area (Å²) in [4.78, 5) is 12.9. The molecule has 1 unspecified atom stereocenters. The van der Waals surface area contributed by atoms with Crippen molar-refractivity contribution in [3.05, 3.63) is 87.9 Å². The van der Waals surface area contributed by atoms with Crippen molar-refractivity contribution in [2.45, 2.75) is 19.8 Å². The number of fused-ring (bicyclic) bond motifs is 1. The molecular weight excluding hydrogens is 380 g/mol. The van der Waals surface area contributed by atoms with E-state index in [0.29, 0.717) is 16.8 Å². The van der Waals surface area contributed by atoms with Crippen LogP contribution in [-0.2, 0) is 9.53 Å². The Labute approximate surface area is 173 Å². The monoisotopic (exact) mass is 400 g/mol. The Morgan fingerprint density at radius 2 is 1.90 bits per heavy atom. The van der Waals surface area contributed by atoms with Crippen LogP contribution in [0, 0.1) is 11.3 Å². The molecule has 1 aliphatic heterocycles. The summed E-state index contributed by atoms with van der Waals surface area (Å²) in [5, 5.41) is 16.6. The summed E-state index contributed by atoms with van der Waals surface area (Å²) in [6.07, 6.45) is 0. The van der Waals surface area contributed by atoms with Gasteiger partial charge in [0, 0.05) is 10.4 Å². The van der Waals surface area contributed by atoms with Gasteiger partial charge in [0.25, 0.3) is 0 Å². The van der Waals surface area contributed by atoms with Crippen LogP contribution in [0.25, 0.3) is 15.8 Å².